The van der Waals surface area contributed by atoms with Crippen molar-refractivity contribution in [2.45, 2.75) is 38.3 Å². The van der Waals surface area contributed by atoms with Crippen molar-refractivity contribution in [2.75, 3.05) is 13.6 Å². The lowest BCUT2D eigenvalue weighted by Gasteiger charge is -2.32. The number of rotatable bonds is 6. The van der Waals surface area contributed by atoms with Gasteiger partial charge in [-0.25, -0.2) is 4.39 Å². The number of nitrogens with two attached hydrogens (primary N) is 1. The fourth-order valence-electron chi connectivity index (χ4n) is 2.65. The highest BCUT2D eigenvalue weighted by atomic mass is 19.1. The van der Waals surface area contributed by atoms with Gasteiger partial charge < -0.3 is 5.73 Å². The summed E-state index contributed by atoms with van der Waals surface area (Å²) in [5.74, 6) is 0.620. The molecule has 1 aliphatic carbocycles. The molecule has 1 aliphatic rings. The van der Waals surface area contributed by atoms with Crippen LogP contribution in [0.4, 0.5) is 4.39 Å². The van der Waals surface area contributed by atoms with Crippen molar-refractivity contribution in [3.63, 3.8) is 0 Å². The molecular formula is C15H23FN2. The molecule has 2 unspecified atom stereocenters. The van der Waals surface area contributed by atoms with Crippen LogP contribution < -0.4 is 5.73 Å². The lowest BCUT2D eigenvalue weighted by molar-refractivity contribution is 0.168. The van der Waals surface area contributed by atoms with Crippen LogP contribution in [-0.2, 0) is 6.42 Å². The zero-order valence-electron chi connectivity index (χ0n) is 11.3. The van der Waals surface area contributed by atoms with E-state index in [1.165, 1.54) is 18.9 Å². The molecule has 1 aromatic carbocycles. The number of halogens is 1. The van der Waals surface area contributed by atoms with E-state index < -0.39 is 0 Å². The van der Waals surface area contributed by atoms with E-state index in [1.807, 2.05) is 6.07 Å². The number of benzene rings is 1. The van der Waals surface area contributed by atoms with Gasteiger partial charge in [-0.15, -0.1) is 0 Å². The van der Waals surface area contributed by atoms with Crippen molar-refractivity contribution in [2.24, 2.45) is 11.7 Å². The Hall–Kier alpha value is -0.930. The zero-order valence-corrected chi connectivity index (χ0v) is 11.3. The Morgan fingerprint density at radius 2 is 2.17 bits per heavy atom. The van der Waals surface area contributed by atoms with Crippen LogP contribution in [0.1, 0.15) is 25.3 Å². The second-order valence-electron chi connectivity index (χ2n) is 5.49. The molecule has 0 bridgehead atoms. The predicted octanol–water partition coefficient (Wildman–Crippen LogP) is 2.43. The number of hydrogen-bond acceptors (Lipinski definition) is 2. The smallest absolute Gasteiger partial charge is 0.123 e. The average Bonchev–Trinajstić information content (AvgIpc) is 3.14. The summed E-state index contributed by atoms with van der Waals surface area (Å²) in [5.41, 5.74) is 6.92. The van der Waals surface area contributed by atoms with Gasteiger partial charge in [-0.2, -0.15) is 0 Å². The molecule has 0 aliphatic heterocycles. The summed E-state index contributed by atoms with van der Waals surface area (Å²) < 4.78 is 13.1. The van der Waals surface area contributed by atoms with Crippen LogP contribution in [0.15, 0.2) is 24.3 Å². The van der Waals surface area contributed by atoms with Crippen molar-refractivity contribution in [3.8, 4) is 0 Å². The van der Waals surface area contributed by atoms with E-state index in [4.69, 9.17) is 5.73 Å². The molecule has 1 saturated carbocycles. The van der Waals surface area contributed by atoms with Gasteiger partial charge >= 0.3 is 0 Å². The molecule has 0 radical (unpaired) electrons. The Morgan fingerprint density at radius 3 is 2.72 bits per heavy atom. The summed E-state index contributed by atoms with van der Waals surface area (Å²) in [4.78, 5) is 2.36. The van der Waals surface area contributed by atoms with E-state index in [-0.39, 0.29) is 5.82 Å². The first-order valence-corrected chi connectivity index (χ1v) is 6.78. The van der Waals surface area contributed by atoms with E-state index >= 15 is 0 Å². The van der Waals surface area contributed by atoms with Gasteiger partial charge in [-0.1, -0.05) is 12.1 Å². The van der Waals surface area contributed by atoms with Crippen molar-refractivity contribution in [1.29, 1.82) is 0 Å². The molecule has 0 heterocycles. The third-order valence-corrected chi connectivity index (χ3v) is 4.05. The van der Waals surface area contributed by atoms with Crippen molar-refractivity contribution in [3.05, 3.63) is 35.6 Å². The van der Waals surface area contributed by atoms with Gasteiger partial charge in [-0.05, 0) is 56.8 Å². The fourth-order valence-corrected chi connectivity index (χ4v) is 2.65. The Bertz CT molecular complexity index is 390. The van der Waals surface area contributed by atoms with E-state index in [0.29, 0.717) is 18.6 Å². The maximum absolute atomic E-state index is 13.1. The minimum Gasteiger partial charge on any atom is -0.329 e. The Kier molecular flexibility index (Phi) is 4.36. The van der Waals surface area contributed by atoms with Gasteiger partial charge in [0.15, 0.2) is 0 Å². The number of hydrogen-bond donors (Lipinski definition) is 1. The molecule has 1 fully saturated rings. The molecule has 18 heavy (non-hydrogen) atoms. The Labute approximate surface area is 109 Å². The van der Waals surface area contributed by atoms with Crippen LogP contribution in [0.5, 0.6) is 0 Å². The molecule has 0 spiro atoms. The highest BCUT2D eigenvalue weighted by molar-refractivity contribution is 5.17. The molecule has 2 N–H and O–H groups in total. The summed E-state index contributed by atoms with van der Waals surface area (Å²) in [6.45, 7) is 2.91. The van der Waals surface area contributed by atoms with Crippen molar-refractivity contribution in [1.82, 2.24) is 4.90 Å². The average molecular weight is 250 g/mol. The fraction of sp³-hybridized carbons (Fsp3) is 0.600. The van der Waals surface area contributed by atoms with Gasteiger partial charge in [0.2, 0.25) is 0 Å². The van der Waals surface area contributed by atoms with Crippen LogP contribution in [0.2, 0.25) is 0 Å². The SMILES string of the molecule is CC(Cc1cccc(F)c1)N(C)C(CN)C1CC1. The van der Waals surface area contributed by atoms with Gasteiger partial charge in [0.1, 0.15) is 5.82 Å². The van der Waals surface area contributed by atoms with Gasteiger partial charge in [-0.3, -0.25) is 4.90 Å². The van der Waals surface area contributed by atoms with E-state index in [9.17, 15) is 4.39 Å². The first kappa shape index (κ1) is 13.5. The summed E-state index contributed by atoms with van der Waals surface area (Å²) in [5, 5.41) is 0. The second-order valence-corrected chi connectivity index (χ2v) is 5.49. The zero-order chi connectivity index (χ0) is 13.1. The molecule has 0 saturated heterocycles. The molecule has 0 aromatic heterocycles. The first-order valence-electron chi connectivity index (χ1n) is 6.78. The lowest BCUT2D eigenvalue weighted by Crippen LogP contribution is -2.45. The molecule has 100 valence electrons. The maximum Gasteiger partial charge on any atom is 0.123 e. The highest BCUT2D eigenvalue weighted by Crippen LogP contribution is 2.35. The minimum absolute atomic E-state index is 0.153. The minimum atomic E-state index is -0.153. The van der Waals surface area contributed by atoms with Crippen molar-refractivity contribution >= 4 is 0 Å². The molecule has 2 rings (SSSR count). The first-order chi connectivity index (χ1) is 8.61. The third kappa shape index (κ3) is 3.30. The Balaban J connectivity index is 1.95. The molecule has 0 amide bonds. The van der Waals surface area contributed by atoms with Crippen LogP contribution in [-0.4, -0.2) is 30.6 Å². The molecule has 2 nitrogen and oxygen atoms in total. The lowest BCUT2D eigenvalue weighted by atomic mass is 10.0. The van der Waals surface area contributed by atoms with E-state index in [2.05, 4.69) is 18.9 Å². The highest BCUT2D eigenvalue weighted by Gasteiger charge is 2.34. The monoisotopic (exact) mass is 250 g/mol. The normalized spacial score (nSPS) is 18.9. The van der Waals surface area contributed by atoms with Crippen LogP contribution in [0, 0.1) is 11.7 Å². The summed E-state index contributed by atoms with van der Waals surface area (Å²) in [6.07, 6.45) is 3.48. The van der Waals surface area contributed by atoms with E-state index in [0.717, 1.165) is 17.9 Å². The third-order valence-electron chi connectivity index (χ3n) is 4.05. The number of nitrogens with zero attached hydrogens (tertiary/aromatic N) is 1. The quantitative estimate of drug-likeness (QED) is 0.840. The topological polar surface area (TPSA) is 29.3 Å². The van der Waals surface area contributed by atoms with Gasteiger partial charge in [0, 0.05) is 18.6 Å². The summed E-state index contributed by atoms with van der Waals surface area (Å²) >= 11 is 0. The molecular weight excluding hydrogens is 227 g/mol. The Morgan fingerprint density at radius 1 is 1.44 bits per heavy atom. The second kappa shape index (κ2) is 5.81. The van der Waals surface area contributed by atoms with Gasteiger partial charge in [0.05, 0.1) is 0 Å². The predicted molar refractivity (Wildman–Crippen MR) is 72.9 cm³/mol. The largest absolute Gasteiger partial charge is 0.329 e. The standard InChI is InChI=1S/C15H23FN2/c1-11(8-12-4-3-5-14(16)9-12)18(2)15(10-17)13-6-7-13/h3-5,9,11,13,15H,6-8,10,17H2,1-2H3. The maximum atomic E-state index is 13.1. The summed E-state index contributed by atoms with van der Waals surface area (Å²) in [7, 11) is 2.14. The molecule has 1 aromatic rings. The molecule has 2 atom stereocenters. The summed E-state index contributed by atoms with van der Waals surface area (Å²) in [6, 6.07) is 7.75. The van der Waals surface area contributed by atoms with Crippen LogP contribution in [0.25, 0.3) is 0 Å². The van der Waals surface area contributed by atoms with E-state index in [1.54, 1.807) is 12.1 Å². The van der Waals surface area contributed by atoms with Crippen LogP contribution in [0.3, 0.4) is 0 Å². The molecule has 3 heteroatoms. The van der Waals surface area contributed by atoms with Crippen molar-refractivity contribution < 1.29 is 4.39 Å². The van der Waals surface area contributed by atoms with Crippen LogP contribution >= 0.6 is 0 Å². The van der Waals surface area contributed by atoms with Gasteiger partial charge in [0.25, 0.3) is 0 Å². The number of likely N-dealkylation sites (N-methyl/N-ethyl adjacent to an activating group) is 1.